The van der Waals surface area contributed by atoms with Gasteiger partial charge in [-0.25, -0.2) is 0 Å². The molecule has 10 nitrogen and oxygen atoms in total. The molecule has 3 aliphatic rings. The molecule has 0 unspecified atom stereocenters. The predicted octanol–water partition coefficient (Wildman–Crippen LogP) is 18.6. The average Bonchev–Trinajstić information content (AvgIpc) is 1.73. The monoisotopic (exact) mass is 1810 g/mol. The number of hydrogen-bond donors (Lipinski definition) is 0. The molecule has 3 aliphatic heterocycles. The Morgan fingerprint density at radius 3 is 0.661 bits per heavy atom. The minimum atomic E-state index is -0.877. The Kier molecular flexibility index (Phi) is 45.2. The van der Waals surface area contributed by atoms with Crippen LogP contribution in [-0.2, 0) is 53.6 Å². The van der Waals surface area contributed by atoms with Crippen LogP contribution < -0.4 is 57.5 Å². The topological polar surface area (TPSA) is 56.4 Å². The number of hydrogen-bond acceptors (Lipinski definition) is 10. The molecule has 14 rings (SSSR count). The number of aryl methyl sites for hydroxylation is 6. The van der Waals surface area contributed by atoms with Crippen LogP contribution in [0.3, 0.4) is 0 Å². The summed E-state index contributed by atoms with van der Waals surface area (Å²) in [6.45, 7) is 37.0. The Balaban J connectivity index is 0.000000214. The number of ether oxygens (including phenoxy) is 4. The van der Waals surface area contributed by atoms with Crippen LogP contribution >= 0.6 is 43.1 Å². The third-order valence-electron chi connectivity index (χ3n) is 19.6. The molecule has 1 fully saturated rings. The molecule has 0 aliphatic carbocycles. The van der Waals surface area contributed by atoms with Crippen molar-refractivity contribution in [1.82, 2.24) is 19.6 Å². The van der Waals surface area contributed by atoms with E-state index < -0.39 is 23.8 Å². The van der Waals surface area contributed by atoms with Crippen molar-refractivity contribution in [3.8, 4) is 0 Å². The zero-order valence-electron chi connectivity index (χ0n) is 69.9. The molecule has 17 heteroatoms. The van der Waals surface area contributed by atoms with E-state index in [0.29, 0.717) is 0 Å². The molecule has 0 N–H and O–H groups in total. The van der Waals surface area contributed by atoms with E-state index in [2.05, 4.69) is 435 Å². The Bertz CT molecular complexity index is 3780. The van der Waals surface area contributed by atoms with Gasteiger partial charge < -0.3 is 55.8 Å². The van der Waals surface area contributed by atoms with Crippen molar-refractivity contribution in [1.29, 1.82) is 0 Å². The van der Waals surface area contributed by atoms with Crippen molar-refractivity contribution in [3.05, 3.63) is 381 Å². The fourth-order valence-corrected chi connectivity index (χ4v) is 21.5. The summed E-state index contributed by atoms with van der Waals surface area (Å²) in [5, 5.41) is 12.8. The molecule has 0 aromatic heterocycles. The standard InChI is InChI=1S/C21H27N2.3C18H15P.2C11H21N2O2.CH3.2ClH.2Ru.2H/c1-14-9-16(3)20(17(4)10-14)22-7-8-23(13-22)21-18(5)11-15(2)12-19(21)6;3*1-4-10-16(11-5-1)19(17-12-6-2-7-13-17)18-14-8-3-9-15-18;2*1-10-11(2)13(6-8-15-4)9-12(10)5-7-14-3;;;;;;;/h9-13H,7-8H2,1-6H3;3*1-15H;2*9H,5-8H2,1-4H3;1H3;2*1H;;;;/q-1;;;;3*-1;;;2*+3;;. The molecule has 0 saturated carbocycles. The average molecular weight is 1810 g/mol. The molecule has 11 aromatic rings. The second-order valence-electron chi connectivity index (χ2n) is 27.6. The van der Waals surface area contributed by atoms with Crippen molar-refractivity contribution >= 4 is 102 Å². The van der Waals surface area contributed by atoms with Crippen LogP contribution in [0.25, 0.3) is 0 Å². The molecular formula is C98H121Cl2N6O4P3Ru2+2. The fourth-order valence-electron chi connectivity index (χ4n) is 14.1. The maximum atomic E-state index is 5.08. The van der Waals surface area contributed by atoms with Crippen LogP contribution in [0.5, 0.6) is 0 Å². The van der Waals surface area contributed by atoms with Crippen molar-refractivity contribution in [2.24, 2.45) is 0 Å². The first-order valence-electron chi connectivity index (χ1n) is 38.5. The van der Waals surface area contributed by atoms with Gasteiger partial charge in [-0.2, -0.15) is 20.0 Å². The van der Waals surface area contributed by atoms with Crippen LogP contribution in [-0.4, -0.2) is 114 Å². The number of rotatable bonds is 23. The zero-order chi connectivity index (χ0) is 82.0. The van der Waals surface area contributed by atoms with Crippen molar-refractivity contribution < 1.29 is 53.6 Å². The number of halogens is 2. The predicted molar refractivity (Wildman–Crippen MR) is 499 cm³/mol. The Labute approximate surface area is 723 Å². The van der Waals surface area contributed by atoms with Gasteiger partial charge in [0.05, 0.1) is 42.3 Å². The Hall–Kier alpha value is -7.34. The van der Waals surface area contributed by atoms with E-state index in [1.807, 2.05) is 0 Å². The summed E-state index contributed by atoms with van der Waals surface area (Å²) in [7, 11) is 13.9. The summed E-state index contributed by atoms with van der Waals surface area (Å²) >= 11 is 3.24. The molecule has 0 radical (unpaired) electrons. The molecular weight excluding hydrogens is 1690 g/mol. The number of benzene rings is 11. The maximum absolute atomic E-state index is 5.08. The summed E-state index contributed by atoms with van der Waals surface area (Å²) < 4.78 is 20.3. The molecule has 3 heterocycles. The van der Waals surface area contributed by atoms with Gasteiger partial charge in [0.2, 0.25) is 0 Å². The van der Waals surface area contributed by atoms with E-state index in [9.17, 15) is 0 Å². The van der Waals surface area contributed by atoms with Crippen molar-refractivity contribution in [3.63, 3.8) is 0 Å². The van der Waals surface area contributed by atoms with Gasteiger partial charge in [0.15, 0.2) is 0 Å². The van der Waals surface area contributed by atoms with E-state index in [1.54, 1.807) is 63.1 Å². The zero-order valence-corrected chi connectivity index (χ0v) is 78.0. The first-order chi connectivity index (χ1) is 55.6. The van der Waals surface area contributed by atoms with Gasteiger partial charge in [-0.05, 0) is 211 Å². The third kappa shape index (κ3) is 29.9. The minimum Gasteiger partial charge on any atom is -0.0622 e. The van der Waals surface area contributed by atoms with E-state index >= 15 is 0 Å². The Morgan fingerprint density at radius 2 is 0.478 bits per heavy atom. The largest absolute Gasteiger partial charge is 0.102 e. The number of allylic oxidation sites excluding steroid dienone is 4. The SMILES string of the molecule is COCCN1[CH-]N(CCOC)C(C)=C1C.COCCN1[CH-]N(CCOC)C(C)=C1C.Cc1cc(C)c(N2[CH-]N(c3c(C)cc(C)cc3C)CC2)c(C)c1.[CH3-].[Cl][RuH+2].[Cl][RuH+2].c1ccc(P(c2ccccc2)c2ccccc2)cc1.c1ccc([PH+](c2ccccc2)c2ccccc2)cc1.c1ccc([PH+](c2ccccc2)c2ccccc2)cc1. The van der Waals surface area contributed by atoms with Crippen LogP contribution in [0.15, 0.2) is 320 Å². The van der Waals surface area contributed by atoms with Gasteiger partial charge in [0.25, 0.3) is 0 Å². The molecule has 0 amide bonds. The molecule has 0 atom stereocenters. The first kappa shape index (κ1) is 96.5. The van der Waals surface area contributed by atoms with E-state index in [1.165, 1.54) is 115 Å². The maximum Gasteiger partial charge on any atom is 0.102 e. The van der Waals surface area contributed by atoms with Crippen LogP contribution in [0.1, 0.15) is 61.1 Å². The van der Waals surface area contributed by atoms with Crippen molar-refractivity contribution in [2.75, 3.05) is 104 Å². The normalized spacial score (nSPS) is 12.7. The smallest absolute Gasteiger partial charge is 0.0622 e. The molecule has 11 aromatic carbocycles. The molecule has 0 spiro atoms. The number of anilines is 2. The van der Waals surface area contributed by atoms with Gasteiger partial charge in [-0.15, -0.1) is 0 Å². The van der Waals surface area contributed by atoms with Gasteiger partial charge in [0, 0.05) is 79.1 Å². The van der Waals surface area contributed by atoms with Crippen LogP contribution in [0.2, 0.25) is 0 Å². The summed E-state index contributed by atoms with van der Waals surface area (Å²) in [5.74, 6) is 0. The summed E-state index contributed by atoms with van der Waals surface area (Å²) in [6.07, 6.45) is 0. The molecule has 115 heavy (non-hydrogen) atoms. The minimum absolute atomic E-state index is 0. The fraction of sp³-hybridized carbons (Fsp3) is 0.245. The molecule has 0 bridgehead atoms. The number of nitrogens with zero attached hydrogens (tertiary/aromatic N) is 6. The van der Waals surface area contributed by atoms with Gasteiger partial charge in [0.1, 0.15) is 31.8 Å². The summed E-state index contributed by atoms with van der Waals surface area (Å²) in [6, 6.07) is 106. The second kappa shape index (κ2) is 53.9. The third-order valence-corrected chi connectivity index (χ3v) is 27.5. The van der Waals surface area contributed by atoms with Gasteiger partial charge in [-0.3, -0.25) is 0 Å². The summed E-state index contributed by atoms with van der Waals surface area (Å²) in [5.41, 5.74) is 16.0. The second-order valence-corrected chi connectivity index (χ2v) is 34.8. The first-order valence-corrected chi connectivity index (χ1v) is 47.7. The van der Waals surface area contributed by atoms with Crippen molar-refractivity contribution in [2.45, 2.75) is 69.2 Å². The van der Waals surface area contributed by atoms with Crippen LogP contribution in [0, 0.1) is 69.0 Å². The number of methoxy groups -OCH3 is 4. The van der Waals surface area contributed by atoms with Gasteiger partial charge >= 0.3 is 54.0 Å². The Morgan fingerprint density at radius 1 is 0.296 bits per heavy atom. The summed E-state index contributed by atoms with van der Waals surface area (Å²) in [4.78, 5) is 13.7. The molecule has 1 saturated heterocycles. The van der Waals surface area contributed by atoms with Crippen LogP contribution in [0.4, 0.5) is 11.4 Å². The quantitative estimate of drug-likeness (QED) is 0.0352. The molecule has 610 valence electrons. The van der Waals surface area contributed by atoms with E-state index in [0.717, 1.165) is 65.7 Å². The van der Waals surface area contributed by atoms with E-state index in [-0.39, 0.29) is 7.43 Å². The van der Waals surface area contributed by atoms with E-state index in [4.69, 9.17) is 18.9 Å². The van der Waals surface area contributed by atoms with Gasteiger partial charge in [-0.1, -0.05) is 236 Å².